The van der Waals surface area contributed by atoms with Crippen molar-refractivity contribution >= 4 is 5.96 Å². The second kappa shape index (κ2) is 8.95. The van der Waals surface area contributed by atoms with Gasteiger partial charge in [0.1, 0.15) is 6.26 Å². The zero-order valence-electron chi connectivity index (χ0n) is 14.0. The molecule has 2 aromatic rings. The molecule has 0 aliphatic rings. The van der Waals surface area contributed by atoms with Crippen molar-refractivity contribution in [3.05, 3.63) is 42.3 Å². The minimum atomic E-state index is 0.569. The first-order valence-corrected chi connectivity index (χ1v) is 7.85. The van der Waals surface area contributed by atoms with E-state index >= 15 is 0 Å². The van der Waals surface area contributed by atoms with Crippen LogP contribution in [0.25, 0.3) is 11.5 Å². The summed E-state index contributed by atoms with van der Waals surface area (Å²) in [6, 6.07) is 9.87. The summed E-state index contributed by atoms with van der Waals surface area (Å²) in [5, 5.41) is 6.52. The average molecular weight is 315 g/mol. The maximum Gasteiger partial charge on any atom is 0.226 e. The Hall–Kier alpha value is -2.34. The molecule has 6 nitrogen and oxygen atoms in total. The van der Waals surface area contributed by atoms with Crippen LogP contribution in [0.1, 0.15) is 12.6 Å². The number of aromatic nitrogens is 1. The van der Waals surface area contributed by atoms with E-state index in [0.29, 0.717) is 12.4 Å². The Balaban J connectivity index is 1.82. The van der Waals surface area contributed by atoms with E-state index in [9.17, 15) is 0 Å². The van der Waals surface area contributed by atoms with Crippen LogP contribution >= 0.6 is 0 Å². The number of aliphatic imine (C=N–C) groups is 1. The molecule has 0 unspecified atom stereocenters. The van der Waals surface area contributed by atoms with Gasteiger partial charge in [-0.3, -0.25) is 4.99 Å². The molecule has 0 bridgehead atoms. The molecular weight excluding hydrogens is 290 g/mol. The highest BCUT2D eigenvalue weighted by molar-refractivity contribution is 5.79. The summed E-state index contributed by atoms with van der Waals surface area (Å²) < 4.78 is 5.53. The van der Waals surface area contributed by atoms with Gasteiger partial charge >= 0.3 is 0 Å². The van der Waals surface area contributed by atoms with Crippen molar-refractivity contribution in [1.29, 1.82) is 0 Å². The maximum absolute atomic E-state index is 5.53. The number of likely N-dealkylation sites (N-methyl/N-ethyl adjacent to an activating group) is 1. The molecule has 0 amide bonds. The van der Waals surface area contributed by atoms with Gasteiger partial charge in [-0.05, 0) is 25.7 Å². The summed E-state index contributed by atoms with van der Waals surface area (Å²) in [4.78, 5) is 10.9. The number of nitrogens with one attached hydrogen (secondary N) is 2. The van der Waals surface area contributed by atoms with Crippen molar-refractivity contribution < 1.29 is 4.42 Å². The molecule has 0 radical (unpaired) electrons. The third-order valence-electron chi connectivity index (χ3n) is 3.56. The number of guanidine groups is 1. The van der Waals surface area contributed by atoms with E-state index in [0.717, 1.165) is 36.9 Å². The first-order valence-electron chi connectivity index (χ1n) is 7.85. The predicted octanol–water partition coefficient (Wildman–Crippen LogP) is 1.96. The van der Waals surface area contributed by atoms with E-state index in [1.165, 1.54) is 0 Å². The van der Waals surface area contributed by atoms with Crippen molar-refractivity contribution in [2.24, 2.45) is 4.99 Å². The van der Waals surface area contributed by atoms with Crippen LogP contribution in [0.4, 0.5) is 0 Å². The van der Waals surface area contributed by atoms with Crippen molar-refractivity contribution in [3.63, 3.8) is 0 Å². The minimum Gasteiger partial charge on any atom is -0.444 e. The van der Waals surface area contributed by atoms with Gasteiger partial charge < -0.3 is 20.0 Å². The number of rotatable bonds is 7. The van der Waals surface area contributed by atoms with Crippen LogP contribution in [0, 0.1) is 0 Å². The van der Waals surface area contributed by atoms with Gasteiger partial charge in [0.2, 0.25) is 5.89 Å². The normalized spacial score (nSPS) is 11.7. The molecule has 2 rings (SSSR count). The molecule has 0 fully saturated rings. The quantitative estimate of drug-likeness (QED) is 0.604. The maximum atomic E-state index is 5.53. The fourth-order valence-corrected chi connectivity index (χ4v) is 2.02. The monoisotopic (exact) mass is 315 g/mol. The number of nitrogens with zero attached hydrogens (tertiary/aromatic N) is 3. The van der Waals surface area contributed by atoms with Crippen molar-refractivity contribution in [1.82, 2.24) is 20.5 Å². The van der Waals surface area contributed by atoms with Crippen LogP contribution in [-0.4, -0.2) is 49.6 Å². The highest BCUT2D eigenvalue weighted by Crippen LogP contribution is 2.17. The molecule has 0 spiro atoms. The third kappa shape index (κ3) is 5.41. The van der Waals surface area contributed by atoms with Crippen LogP contribution in [0.3, 0.4) is 0 Å². The molecule has 2 N–H and O–H groups in total. The largest absolute Gasteiger partial charge is 0.444 e. The predicted molar refractivity (Wildman–Crippen MR) is 93.3 cm³/mol. The standard InChI is InChI=1S/C17H25N5O/c1-4-22(3)11-10-19-17(18-2)20-12-15-13-23-16(21-15)14-8-6-5-7-9-14/h5-9,13H,4,10-12H2,1-3H3,(H2,18,19,20). The molecule has 0 saturated heterocycles. The molecule has 1 aromatic carbocycles. The number of benzene rings is 1. The summed E-state index contributed by atoms with van der Waals surface area (Å²) in [5.74, 6) is 1.40. The average Bonchev–Trinajstić information content (AvgIpc) is 3.07. The van der Waals surface area contributed by atoms with Crippen LogP contribution in [0.2, 0.25) is 0 Å². The molecule has 0 aliphatic heterocycles. The molecule has 23 heavy (non-hydrogen) atoms. The zero-order chi connectivity index (χ0) is 16.5. The molecule has 0 aliphatic carbocycles. The smallest absolute Gasteiger partial charge is 0.226 e. The number of hydrogen-bond donors (Lipinski definition) is 2. The molecular formula is C17H25N5O. The van der Waals surface area contributed by atoms with Gasteiger partial charge in [0.25, 0.3) is 0 Å². The SMILES string of the molecule is CCN(C)CCNC(=NC)NCc1coc(-c2ccccc2)n1. The zero-order valence-corrected chi connectivity index (χ0v) is 14.0. The summed E-state index contributed by atoms with van der Waals surface area (Å²) in [6.45, 7) is 5.56. The fraction of sp³-hybridized carbons (Fsp3) is 0.412. The lowest BCUT2D eigenvalue weighted by Crippen LogP contribution is -2.40. The third-order valence-corrected chi connectivity index (χ3v) is 3.56. The van der Waals surface area contributed by atoms with E-state index in [1.54, 1.807) is 13.3 Å². The first kappa shape index (κ1) is 17.0. The van der Waals surface area contributed by atoms with E-state index in [2.05, 4.69) is 39.5 Å². The Bertz CT molecular complexity index is 608. The molecule has 0 atom stereocenters. The Morgan fingerprint density at radius 3 is 2.74 bits per heavy atom. The number of hydrogen-bond acceptors (Lipinski definition) is 4. The lowest BCUT2D eigenvalue weighted by atomic mass is 10.2. The summed E-state index contributed by atoms with van der Waals surface area (Å²) in [6.07, 6.45) is 1.67. The van der Waals surface area contributed by atoms with Crippen LogP contribution < -0.4 is 10.6 Å². The van der Waals surface area contributed by atoms with Crippen molar-refractivity contribution in [2.75, 3.05) is 33.7 Å². The van der Waals surface area contributed by atoms with Gasteiger partial charge in [0.05, 0.1) is 12.2 Å². The summed E-state index contributed by atoms with van der Waals surface area (Å²) in [7, 11) is 3.86. The highest BCUT2D eigenvalue weighted by Gasteiger charge is 2.07. The van der Waals surface area contributed by atoms with Crippen molar-refractivity contribution in [2.45, 2.75) is 13.5 Å². The van der Waals surface area contributed by atoms with E-state index < -0.39 is 0 Å². The second-order valence-electron chi connectivity index (χ2n) is 5.26. The lowest BCUT2D eigenvalue weighted by Gasteiger charge is -2.16. The van der Waals surface area contributed by atoms with Gasteiger partial charge in [0, 0.05) is 25.7 Å². The summed E-state index contributed by atoms with van der Waals surface area (Å²) >= 11 is 0. The Morgan fingerprint density at radius 1 is 1.26 bits per heavy atom. The van der Waals surface area contributed by atoms with Gasteiger partial charge in [-0.1, -0.05) is 25.1 Å². The van der Waals surface area contributed by atoms with Crippen molar-refractivity contribution in [3.8, 4) is 11.5 Å². The van der Waals surface area contributed by atoms with Gasteiger partial charge in [-0.15, -0.1) is 0 Å². The molecule has 124 valence electrons. The minimum absolute atomic E-state index is 0.569. The number of oxazole rings is 1. The van der Waals surface area contributed by atoms with Crippen LogP contribution in [0.5, 0.6) is 0 Å². The Kier molecular flexibility index (Phi) is 6.62. The van der Waals surface area contributed by atoms with Gasteiger partial charge in [-0.25, -0.2) is 4.98 Å². The second-order valence-corrected chi connectivity index (χ2v) is 5.26. The van der Waals surface area contributed by atoms with E-state index in [-0.39, 0.29) is 0 Å². The first-order chi connectivity index (χ1) is 11.2. The van der Waals surface area contributed by atoms with Gasteiger partial charge in [-0.2, -0.15) is 0 Å². The summed E-state index contributed by atoms with van der Waals surface area (Å²) in [5.41, 5.74) is 1.82. The van der Waals surface area contributed by atoms with Crippen LogP contribution in [-0.2, 0) is 6.54 Å². The molecule has 1 aromatic heterocycles. The molecule has 0 saturated carbocycles. The molecule has 6 heteroatoms. The van der Waals surface area contributed by atoms with E-state index in [4.69, 9.17) is 4.42 Å². The Morgan fingerprint density at radius 2 is 2.04 bits per heavy atom. The topological polar surface area (TPSA) is 65.7 Å². The molecule has 1 heterocycles. The van der Waals surface area contributed by atoms with Gasteiger partial charge in [0.15, 0.2) is 5.96 Å². The fourth-order valence-electron chi connectivity index (χ4n) is 2.02. The van der Waals surface area contributed by atoms with Crippen LogP contribution in [0.15, 0.2) is 46.0 Å². The lowest BCUT2D eigenvalue weighted by molar-refractivity contribution is 0.357. The highest BCUT2D eigenvalue weighted by atomic mass is 16.3. The van der Waals surface area contributed by atoms with E-state index in [1.807, 2.05) is 30.3 Å². The Labute approximate surface area is 137 Å².